The van der Waals surface area contributed by atoms with Gasteiger partial charge in [0.1, 0.15) is 0 Å². The Kier molecular flexibility index (Phi) is 8.94. The number of carbonyl (C=O) groups excluding carboxylic acids is 1. The number of hydrogen-bond donors (Lipinski definition) is 4. The summed E-state index contributed by atoms with van der Waals surface area (Å²) in [5.41, 5.74) is 10.1. The van der Waals surface area contributed by atoms with Crippen molar-refractivity contribution in [3.63, 3.8) is 0 Å². The molecule has 32 heavy (non-hydrogen) atoms. The van der Waals surface area contributed by atoms with Gasteiger partial charge in [0.25, 0.3) is 0 Å². The van der Waals surface area contributed by atoms with Crippen LogP contribution in [-0.2, 0) is 13.0 Å². The number of nitrogens with zero attached hydrogens (tertiary/aromatic N) is 3. The smallest absolute Gasteiger partial charge is 0.350 e. The number of rotatable bonds is 11. The number of amides is 1. The molecular weight excluding hydrogens is 402 g/mol. The Morgan fingerprint density at radius 2 is 1.88 bits per heavy atom. The van der Waals surface area contributed by atoms with Crippen molar-refractivity contribution in [3.8, 4) is 0 Å². The molecule has 0 atom stereocenters. The van der Waals surface area contributed by atoms with Crippen molar-refractivity contribution in [2.75, 3.05) is 19.6 Å². The van der Waals surface area contributed by atoms with Gasteiger partial charge in [-0.15, -0.1) is 0 Å². The van der Waals surface area contributed by atoms with E-state index < -0.39 is 0 Å². The van der Waals surface area contributed by atoms with E-state index >= 15 is 0 Å². The Balaban J connectivity index is 1.53. The molecule has 8 heteroatoms. The van der Waals surface area contributed by atoms with Gasteiger partial charge in [-0.2, -0.15) is 0 Å². The van der Waals surface area contributed by atoms with E-state index in [0.29, 0.717) is 11.5 Å². The lowest BCUT2D eigenvalue weighted by Gasteiger charge is -2.12. The molecule has 1 amide bonds. The standard InChI is InChI=1S/C24H31N7O/c1-19-10-11-22(28-15-19)16-26-12-6-14-31(13-5-9-21-17-27-18-29-21)24(25)30-23(32)20-7-3-2-4-8-20/h2-4,7-8,10-11,15,17-18,26H,5-6,9,12-14,16H2,1H3,(H3,25,27,29,30,32)/p+1. The number of nitrogens with one attached hydrogen (secondary N) is 3. The molecule has 8 nitrogen and oxygen atoms in total. The van der Waals surface area contributed by atoms with Gasteiger partial charge in [-0.05, 0) is 56.5 Å². The summed E-state index contributed by atoms with van der Waals surface area (Å²) in [6, 6.07) is 13.2. The van der Waals surface area contributed by atoms with E-state index in [1.807, 2.05) is 48.2 Å². The molecule has 2 heterocycles. The first-order valence-corrected chi connectivity index (χ1v) is 11.0. The molecule has 0 radical (unpaired) electrons. The molecule has 5 N–H and O–H groups in total. The highest BCUT2D eigenvalue weighted by Gasteiger charge is 2.15. The van der Waals surface area contributed by atoms with Gasteiger partial charge in [0.15, 0.2) is 0 Å². The summed E-state index contributed by atoms with van der Waals surface area (Å²) in [4.78, 5) is 24.2. The molecule has 0 bridgehead atoms. The summed E-state index contributed by atoms with van der Waals surface area (Å²) < 4.78 is 2.03. The van der Waals surface area contributed by atoms with Crippen LogP contribution in [0.2, 0.25) is 0 Å². The number of pyridine rings is 1. The van der Waals surface area contributed by atoms with Gasteiger partial charge in [-0.25, -0.2) is 10.3 Å². The summed E-state index contributed by atoms with van der Waals surface area (Å²) in [7, 11) is 0. The van der Waals surface area contributed by atoms with Crippen LogP contribution in [0.4, 0.5) is 0 Å². The largest absolute Gasteiger partial charge is 0.351 e. The average molecular weight is 435 g/mol. The zero-order valence-electron chi connectivity index (χ0n) is 18.6. The minimum absolute atomic E-state index is 0.205. The number of benzene rings is 1. The van der Waals surface area contributed by atoms with Crippen molar-refractivity contribution in [1.82, 2.24) is 25.6 Å². The lowest BCUT2D eigenvalue weighted by atomic mass is 10.2. The number of aryl methyl sites for hydroxylation is 2. The van der Waals surface area contributed by atoms with Gasteiger partial charge in [-0.1, -0.05) is 24.3 Å². The van der Waals surface area contributed by atoms with Crippen LogP contribution in [0.1, 0.15) is 40.2 Å². The fourth-order valence-corrected chi connectivity index (χ4v) is 3.30. The van der Waals surface area contributed by atoms with Crippen molar-refractivity contribution in [2.45, 2.75) is 32.7 Å². The summed E-state index contributed by atoms with van der Waals surface area (Å²) in [6.07, 6.45) is 8.07. The summed E-state index contributed by atoms with van der Waals surface area (Å²) >= 11 is 0. The maximum atomic E-state index is 12.5. The fourth-order valence-electron chi connectivity index (χ4n) is 3.30. The first-order chi connectivity index (χ1) is 15.6. The van der Waals surface area contributed by atoms with Gasteiger partial charge in [-0.3, -0.25) is 20.1 Å². The van der Waals surface area contributed by atoms with Crippen molar-refractivity contribution in [1.29, 1.82) is 0 Å². The molecule has 0 aliphatic rings. The Bertz CT molecular complexity index is 983. The van der Waals surface area contributed by atoms with Gasteiger partial charge in [0, 0.05) is 18.9 Å². The quantitative estimate of drug-likeness (QED) is 0.160. The number of carbonyl (C=O) groups is 1. The first kappa shape index (κ1) is 23.1. The minimum Gasteiger partial charge on any atom is -0.351 e. The number of H-pyrrole nitrogens is 1. The molecule has 0 saturated carbocycles. The Morgan fingerprint density at radius 3 is 2.59 bits per heavy atom. The Hall–Kier alpha value is -3.52. The number of aromatic nitrogens is 3. The van der Waals surface area contributed by atoms with Crippen LogP contribution < -0.4 is 16.4 Å². The van der Waals surface area contributed by atoms with E-state index in [2.05, 4.69) is 31.7 Å². The molecule has 3 aromatic rings. The Labute approximate surface area is 189 Å². The van der Waals surface area contributed by atoms with Crippen molar-refractivity contribution in [2.24, 2.45) is 5.73 Å². The third-order valence-electron chi connectivity index (χ3n) is 5.09. The van der Waals surface area contributed by atoms with E-state index in [-0.39, 0.29) is 5.91 Å². The monoisotopic (exact) mass is 434 g/mol. The van der Waals surface area contributed by atoms with E-state index in [0.717, 1.165) is 62.4 Å². The first-order valence-electron chi connectivity index (χ1n) is 11.0. The van der Waals surface area contributed by atoms with E-state index in [1.165, 1.54) is 0 Å². The number of hydrogen-bond acceptors (Lipinski definition) is 4. The second-order valence-corrected chi connectivity index (χ2v) is 7.71. The highest BCUT2D eigenvalue weighted by molar-refractivity contribution is 6.03. The lowest BCUT2D eigenvalue weighted by Crippen LogP contribution is -2.45. The maximum absolute atomic E-state index is 12.5. The van der Waals surface area contributed by atoms with Crippen LogP contribution in [0, 0.1) is 6.92 Å². The molecule has 3 rings (SSSR count). The predicted molar refractivity (Wildman–Crippen MR) is 125 cm³/mol. The maximum Gasteiger partial charge on any atom is 0.350 e. The number of imidazole rings is 1. The third-order valence-corrected chi connectivity index (χ3v) is 5.09. The average Bonchev–Trinajstić information content (AvgIpc) is 3.33. The molecule has 0 aliphatic heterocycles. The summed E-state index contributed by atoms with van der Waals surface area (Å²) in [5.74, 6) is 0.171. The van der Waals surface area contributed by atoms with Crippen molar-refractivity contribution < 1.29 is 9.37 Å². The predicted octanol–water partition coefficient (Wildman–Crippen LogP) is 1.98. The number of guanidine groups is 1. The summed E-state index contributed by atoms with van der Waals surface area (Å²) in [5, 5.41) is 6.26. The van der Waals surface area contributed by atoms with Crippen LogP contribution in [0.25, 0.3) is 0 Å². The number of aromatic amines is 1. The van der Waals surface area contributed by atoms with Crippen LogP contribution in [0.5, 0.6) is 0 Å². The zero-order valence-corrected chi connectivity index (χ0v) is 18.6. The second kappa shape index (κ2) is 12.4. The molecule has 0 spiro atoms. The van der Waals surface area contributed by atoms with Gasteiger partial charge in [0.2, 0.25) is 0 Å². The van der Waals surface area contributed by atoms with Crippen molar-refractivity contribution >= 4 is 11.9 Å². The topological polar surface area (TPSA) is 112 Å². The molecule has 0 saturated heterocycles. The molecule has 1 aromatic carbocycles. The molecular formula is C24H32N7O+. The van der Waals surface area contributed by atoms with E-state index in [1.54, 1.807) is 18.5 Å². The molecule has 168 valence electrons. The SMILES string of the molecule is Cc1ccc(CNCCC[N+](CCCc2c[nH]cn2)=C(N)NC(=O)c2ccccc2)nc1. The lowest BCUT2D eigenvalue weighted by molar-refractivity contribution is -0.531. The van der Waals surface area contributed by atoms with Gasteiger partial charge < -0.3 is 10.3 Å². The van der Waals surface area contributed by atoms with E-state index in [4.69, 9.17) is 5.73 Å². The zero-order chi connectivity index (χ0) is 22.6. The highest BCUT2D eigenvalue weighted by atomic mass is 16.1. The molecule has 0 aliphatic carbocycles. The highest BCUT2D eigenvalue weighted by Crippen LogP contribution is 2.00. The van der Waals surface area contributed by atoms with Crippen LogP contribution >= 0.6 is 0 Å². The molecule has 0 unspecified atom stereocenters. The van der Waals surface area contributed by atoms with Crippen LogP contribution in [0.15, 0.2) is 61.2 Å². The fraction of sp³-hybridized carbons (Fsp3) is 0.333. The Morgan fingerprint density at radius 1 is 1.06 bits per heavy atom. The van der Waals surface area contributed by atoms with Crippen molar-refractivity contribution in [3.05, 3.63) is 83.7 Å². The summed E-state index contributed by atoms with van der Waals surface area (Å²) in [6.45, 7) is 5.04. The van der Waals surface area contributed by atoms with Gasteiger partial charge >= 0.3 is 11.9 Å². The van der Waals surface area contributed by atoms with Crippen LogP contribution in [0.3, 0.4) is 0 Å². The second-order valence-electron chi connectivity index (χ2n) is 7.71. The van der Waals surface area contributed by atoms with Crippen LogP contribution in [-0.4, -0.2) is 51.0 Å². The third kappa shape index (κ3) is 7.63. The number of nitrogens with two attached hydrogens (primary N) is 1. The minimum atomic E-state index is -0.205. The normalized spacial score (nSPS) is 11.8. The van der Waals surface area contributed by atoms with Gasteiger partial charge in [0.05, 0.1) is 36.4 Å². The van der Waals surface area contributed by atoms with E-state index in [9.17, 15) is 4.79 Å². The molecule has 0 fully saturated rings. The molecule has 2 aromatic heterocycles.